The van der Waals surface area contributed by atoms with Crippen molar-refractivity contribution in [1.29, 1.82) is 0 Å². The van der Waals surface area contributed by atoms with E-state index in [1.54, 1.807) is 7.11 Å². The molecule has 0 amide bonds. The van der Waals surface area contributed by atoms with Crippen molar-refractivity contribution in [3.8, 4) is 0 Å². The monoisotopic (exact) mass is 231 g/mol. The van der Waals surface area contributed by atoms with E-state index in [9.17, 15) is 4.79 Å². The van der Waals surface area contributed by atoms with Crippen LogP contribution in [0.1, 0.15) is 12.8 Å². The van der Waals surface area contributed by atoms with Gasteiger partial charge in [-0.05, 0) is 12.8 Å². The van der Waals surface area contributed by atoms with Crippen molar-refractivity contribution in [2.24, 2.45) is 0 Å². The normalized spacial score (nSPS) is 20.5. The van der Waals surface area contributed by atoms with Crippen molar-refractivity contribution in [3.05, 3.63) is 0 Å². The van der Waals surface area contributed by atoms with Gasteiger partial charge in [0, 0.05) is 26.8 Å². The van der Waals surface area contributed by atoms with Gasteiger partial charge >= 0.3 is 5.97 Å². The van der Waals surface area contributed by atoms with Gasteiger partial charge in [0.2, 0.25) is 0 Å². The highest BCUT2D eigenvalue weighted by atomic mass is 16.5. The molecule has 1 saturated heterocycles. The van der Waals surface area contributed by atoms with Crippen LogP contribution in [0.2, 0.25) is 0 Å². The van der Waals surface area contributed by atoms with E-state index < -0.39 is 0 Å². The van der Waals surface area contributed by atoms with Crippen LogP contribution in [0.15, 0.2) is 0 Å². The van der Waals surface area contributed by atoms with Gasteiger partial charge in [-0.3, -0.25) is 9.69 Å². The summed E-state index contributed by atoms with van der Waals surface area (Å²) < 4.78 is 14.9. The van der Waals surface area contributed by atoms with Crippen LogP contribution in [0.4, 0.5) is 0 Å². The van der Waals surface area contributed by atoms with Gasteiger partial charge in [0.15, 0.2) is 0 Å². The number of carbonyl (C=O) groups excluding carboxylic acids is 1. The maximum Gasteiger partial charge on any atom is 0.323 e. The van der Waals surface area contributed by atoms with Crippen molar-refractivity contribution < 1.29 is 19.0 Å². The molecule has 0 aromatic rings. The molecule has 0 radical (unpaired) electrons. The zero-order chi connectivity index (χ0) is 11.8. The molecule has 16 heavy (non-hydrogen) atoms. The Morgan fingerprint density at radius 1 is 1.31 bits per heavy atom. The van der Waals surface area contributed by atoms with Gasteiger partial charge in [-0.1, -0.05) is 0 Å². The molecule has 0 N–H and O–H groups in total. The molecule has 94 valence electrons. The average Bonchev–Trinajstić information content (AvgIpc) is 2.26. The Labute approximate surface area is 96.6 Å². The summed E-state index contributed by atoms with van der Waals surface area (Å²) in [6.07, 6.45) is 1.86. The predicted molar refractivity (Wildman–Crippen MR) is 59.3 cm³/mol. The van der Waals surface area contributed by atoms with Crippen LogP contribution in [0.5, 0.6) is 0 Å². The quantitative estimate of drug-likeness (QED) is 0.444. The second kappa shape index (κ2) is 7.60. The molecule has 0 aromatic carbocycles. The fraction of sp³-hybridized carbons (Fsp3) is 0.909. The molecule has 1 aliphatic heterocycles. The third-order valence-corrected chi connectivity index (χ3v) is 2.77. The van der Waals surface area contributed by atoms with Crippen LogP contribution in [0.25, 0.3) is 0 Å². The van der Waals surface area contributed by atoms with Crippen molar-refractivity contribution in [1.82, 2.24) is 4.90 Å². The van der Waals surface area contributed by atoms with E-state index in [4.69, 9.17) is 14.2 Å². The van der Waals surface area contributed by atoms with Crippen molar-refractivity contribution in [2.45, 2.75) is 18.9 Å². The molecule has 1 fully saturated rings. The number of nitrogens with zero attached hydrogens (tertiary/aromatic N) is 1. The minimum absolute atomic E-state index is 0.0241. The number of carbonyl (C=O) groups is 1. The lowest BCUT2D eigenvalue weighted by Crippen LogP contribution is -2.53. The summed E-state index contributed by atoms with van der Waals surface area (Å²) >= 11 is 0. The zero-order valence-electron chi connectivity index (χ0n) is 10.1. The van der Waals surface area contributed by atoms with Gasteiger partial charge in [0.1, 0.15) is 6.04 Å². The minimum Gasteiger partial charge on any atom is -0.468 e. The van der Waals surface area contributed by atoms with E-state index in [1.165, 1.54) is 7.11 Å². The van der Waals surface area contributed by atoms with Crippen LogP contribution in [0, 0.1) is 0 Å². The first-order valence-electron chi connectivity index (χ1n) is 5.68. The first-order chi connectivity index (χ1) is 7.79. The molecular weight excluding hydrogens is 210 g/mol. The predicted octanol–water partition coefficient (Wildman–Crippen LogP) is 0.287. The molecule has 0 spiro atoms. The summed E-state index contributed by atoms with van der Waals surface area (Å²) in [5.41, 5.74) is 0. The molecule has 1 atom stereocenters. The topological polar surface area (TPSA) is 48.0 Å². The first kappa shape index (κ1) is 13.4. The molecule has 1 rings (SSSR count). The Morgan fingerprint density at radius 3 is 2.69 bits per heavy atom. The van der Waals surface area contributed by atoms with E-state index >= 15 is 0 Å². The Balaban J connectivity index is 1.99. The number of methoxy groups -OCH3 is 2. The number of hydrogen-bond acceptors (Lipinski definition) is 5. The van der Waals surface area contributed by atoms with Crippen LogP contribution in [-0.4, -0.2) is 64.0 Å². The van der Waals surface area contributed by atoms with Gasteiger partial charge in [-0.15, -0.1) is 0 Å². The standard InChI is InChI=1S/C11H21NO4/c1-14-8-9-16-7-3-5-12-6-4-10(12)11(13)15-2/h10H,3-9H2,1-2H3. The maximum atomic E-state index is 11.3. The fourth-order valence-electron chi connectivity index (χ4n) is 1.73. The van der Waals surface area contributed by atoms with Crippen LogP contribution >= 0.6 is 0 Å². The molecule has 0 bridgehead atoms. The van der Waals surface area contributed by atoms with E-state index in [2.05, 4.69) is 4.90 Å². The number of esters is 1. The smallest absolute Gasteiger partial charge is 0.323 e. The third kappa shape index (κ3) is 4.08. The molecule has 5 heteroatoms. The maximum absolute atomic E-state index is 11.3. The number of rotatable bonds is 8. The van der Waals surface area contributed by atoms with E-state index in [0.717, 1.165) is 25.9 Å². The van der Waals surface area contributed by atoms with Gasteiger partial charge in [0.25, 0.3) is 0 Å². The molecule has 0 aliphatic carbocycles. The molecular formula is C11H21NO4. The molecule has 1 aliphatic rings. The van der Waals surface area contributed by atoms with Crippen molar-refractivity contribution in [2.75, 3.05) is 47.1 Å². The summed E-state index contributed by atoms with van der Waals surface area (Å²) in [7, 11) is 3.09. The summed E-state index contributed by atoms with van der Waals surface area (Å²) in [4.78, 5) is 13.4. The van der Waals surface area contributed by atoms with Gasteiger partial charge in [-0.25, -0.2) is 0 Å². The highest BCUT2D eigenvalue weighted by Gasteiger charge is 2.34. The Morgan fingerprint density at radius 2 is 2.12 bits per heavy atom. The second-order valence-corrected chi connectivity index (χ2v) is 3.82. The van der Waals surface area contributed by atoms with E-state index in [-0.39, 0.29) is 12.0 Å². The first-order valence-corrected chi connectivity index (χ1v) is 5.68. The lowest BCUT2D eigenvalue weighted by molar-refractivity contribution is -0.152. The SMILES string of the molecule is COCCOCCCN1CCC1C(=O)OC. The Kier molecular flexibility index (Phi) is 6.37. The van der Waals surface area contributed by atoms with E-state index in [1.807, 2.05) is 0 Å². The van der Waals surface area contributed by atoms with E-state index in [0.29, 0.717) is 19.8 Å². The van der Waals surface area contributed by atoms with Gasteiger partial charge in [0.05, 0.1) is 20.3 Å². The van der Waals surface area contributed by atoms with Gasteiger partial charge < -0.3 is 14.2 Å². The van der Waals surface area contributed by atoms with Crippen molar-refractivity contribution >= 4 is 5.97 Å². The largest absolute Gasteiger partial charge is 0.468 e. The van der Waals surface area contributed by atoms with Crippen LogP contribution in [-0.2, 0) is 19.0 Å². The lowest BCUT2D eigenvalue weighted by atomic mass is 10.0. The summed E-state index contributed by atoms with van der Waals surface area (Å²) in [6.45, 7) is 3.86. The van der Waals surface area contributed by atoms with Gasteiger partial charge in [-0.2, -0.15) is 0 Å². The number of ether oxygens (including phenoxy) is 3. The fourth-order valence-corrected chi connectivity index (χ4v) is 1.73. The summed E-state index contributed by atoms with van der Waals surface area (Å²) in [6, 6.07) is -0.0241. The second-order valence-electron chi connectivity index (χ2n) is 3.82. The molecule has 0 saturated carbocycles. The molecule has 1 heterocycles. The molecule has 1 unspecified atom stereocenters. The van der Waals surface area contributed by atoms with Crippen molar-refractivity contribution in [3.63, 3.8) is 0 Å². The number of hydrogen-bond donors (Lipinski definition) is 0. The Bertz CT molecular complexity index is 210. The third-order valence-electron chi connectivity index (χ3n) is 2.77. The molecule has 0 aromatic heterocycles. The average molecular weight is 231 g/mol. The highest BCUT2D eigenvalue weighted by Crippen LogP contribution is 2.18. The lowest BCUT2D eigenvalue weighted by Gasteiger charge is -2.38. The summed E-state index contributed by atoms with van der Waals surface area (Å²) in [5, 5.41) is 0. The minimum atomic E-state index is -0.119. The molecule has 5 nitrogen and oxygen atoms in total. The van der Waals surface area contributed by atoms with Crippen LogP contribution in [0.3, 0.4) is 0 Å². The van der Waals surface area contributed by atoms with Crippen LogP contribution < -0.4 is 0 Å². The highest BCUT2D eigenvalue weighted by molar-refractivity contribution is 5.76. The Hall–Kier alpha value is -0.650. The zero-order valence-corrected chi connectivity index (χ0v) is 10.1. The summed E-state index contributed by atoms with van der Waals surface area (Å²) in [5.74, 6) is -0.119. The number of likely N-dealkylation sites (tertiary alicyclic amines) is 1.